The first-order valence-corrected chi connectivity index (χ1v) is 9.58. The summed E-state index contributed by atoms with van der Waals surface area (Å²) in [7, 11) is 0. The van der Waals surface area contributed by atoms with Gasteiger partial charge in [-0.2, -0.15) is 5.10 Å². The Hall–Kier alpha value is -3.01. The molecular formula is C23H23N3O. The number of fused-ring (bicyclic) bond motifs is 1. The molecule has 1 fully saturated rings. The largest absolute Gasteiger partial charge is 0.272 e. The van der Waals surface area contributed by atoms with Crippen molar-refractivity contribution in [3.8, 4) is 0 Å². The molecule has 0 atom stereocenters. The summed E-state index contributed by atoms with van der Waals surface area (Å²) in [4.78, 5) is 17.7. The van der Waals surface area contributed by atoms with Crippen LogP contribution in [0.4, 0.5) is 0 Å². The number of carbonyl (C=O) groups is 1. The summed E-state index contributed by atoms with van der Waals surface area (Å²) in [6, 6.07) is 19.7. The summed E-state index contributed by atoms with van der Waals surface area (Å²) in [6.07, 6.45) is 4.08. The molecule has 1 heterocycles. The van der Waals surface area contributed by atoms with Crippen molar-refractivity contribution in [2.75, 3.05) is 0 Å². The minimum Gasteiger partial charge on any atom is -0.267 e. The number of hydrogen-bond donors (Lipinski definition) is 1. The first-order chi connectivity index (χ1) is 13.3. The van der Waals surface area contributed by atoms with Crippen molar-refractivity contribution in [3.63, 3.8) is 0 Å². The Morgan fingerprint density at radius 1 is 1.11 bits per heavy atom. The highest BCUT2D eigenvalue weighted by Gasteiger charge is 2.26. The number of hydrogen-bond acceptors (Lipinski definition) is 3. The van der Waals surface area contributed by atoms with E-state index in [-0.39, 0.29) is 5.91 Å². The summed E-state index contributed by atoms with van der Waals surface area (Å²) in [5.74, 6) is 0.310. The van der Waals surface area contributed by atoms with Gasteiger partial charge in [0.15, 0.2) is 0 Å². The average Bonchev–Trinajstić information content (AvgIpc) is 3.56. The lowest BCUT2D eigenvalue weighted by molar-refractivity contribution is 0.0956. The van der Waals surface area contributed by atoms with E-state index in [9.17, 15) is 4.79 Å². The standard InChI is InChI=1S/C23H23N3O/c1-2-8-20(16-9-4-3-5-10-16)25-26-23(27)19-15-22(17-13-14-17)24-21-12-7-6-11-18(19)21/h3-7,9-12,15,17H,2,8,13-14H2,1H3,(H,26,27)/b25-20+. The quantitative estimate of drug-likeness (QED) is 0.496. The first-order valence-electron chi connectivity index (χ1n) is 9.58. The Kier molecular flexibility index (Phi) is 4.97. The van der Waals surface area contributed by atoms with E-state index in [1.807, 2.05) is 60.7 Å². The molecule has 136 valence electrons. The molecule has 4 nitrogen and oxygen atoms in total. The van der Waals surface area contributed by atoms with Crippen molar-refractivity contribution in [2.24, 2.45) is 5.10 Å². The van der Waals surface area contributed by atoms with Crippen LogP contribution in [0.3, 0.4) is 0 Å². The lowest BCUT2D eigenvalue weighted by Crippen LogP contribution is -2.21. The number of carbonyl (C=O) groups excluding carboxylic acids is 1. The number of pyridine rings is 1. The molecular weight excluding hydrogens is 334 g/mol. The number of amides is 1. The molecule has 1 saturated carbocycles. The van der Waals surface area contributed by atoms with Gasteiger partial charge in [0.1, 0.15) is 0 Å². The first kappa shape index (κ1) is 17.4. The van der Waals surface area contributed by atoms with Crippen molar-refractivity contribution in [1.29, 1.82) is 0 Å². The van der Waals surface area contributed by atoms with Crippen molar-refractivity contribution in [3.05, 3.63) is 77.5 Å². The van der Waals surface area contributed by atoms with E-state index >= 15 is 0 Å². The van der Waals surface area contributed by atoms with Gasteiger partial charge in [0.25, 0.3) is 5.91 Å². The zero-order chi connectivity index (χ0) is 18.6. The van der Waals surface area contributed by atoms with E-state index < -0.39 is 0 Å². The van der Waals surface area contributed by atoms with Gasteiger partial charge in [-0.3, -0.25) is 9.78 Å². The third kappa shape index (κ3) is 3.90. The SMILES string of the molecule is CCC/C(=N\NC(=O)c1cc(C2CC2)nc2ccccc12)c1ccccc1. The monoisotopic (exact) mass is 357 g/mol. The number of aromatic nitrogens is 1. The fraction of sp³-hybridized carbons (Fsp3) is 0.261. The van der Waals surface area contributed by atoms with Crippen molar-refractivity contribution < 1.29 is 4.79 Å². The second-order valence-electron chi connectivity index (χ2n) is 7.00. The molecule has 0 bridgehead atoms. The van der Waals surface area contributed by atoms with Crippen LogP contribution in [0.2, 0.25) is 0 Å². The van der Waals surface area contributed by atoms with E-state index in [1.165, 1.54) is 0 Å². The second kappa shape index (κ2) is 7.70. The zero-order valence-electron chi connectivity index (χ0n) is 15.5. The highest BCUT2D eigenvalue weighted by molar-refractivity contribution is 6.07. The number of benzene rings is 2. The second-order valence-corrected chi connectivity index (χ2v) is 7.00. The topological polar surface area (TPSA) is 54.4 Å². The molecule has 0 radical (unpaired) electrons. The van der Waals surface area contributed by atoms with E-state index in [0.29, 0.717) is 11.5 Å². The fourth-order valence-electron chi connectivity index (χ4n) is 3.28. The van der Waals surface area contributed by atoms with Gasteiger partial charge >= 0.3 is 0 Å². The lowest BCUT2D eigenvalue weighted by Gasteiger charge is -2.10. The maximum atomic E-state index is 12.9. The third-order valence-corrected chi connectivity index (χ3v) is 4.86. The molecule has 3 aromatic rings. The van der Waals surface area contributed by atoms with Crippen LogP contribution < -0.4 is 5.43 Å². The maximum Gasteiger partial charge on any atom is 0.272 e. The van der Waals surface area contributed by atoms with E-state index in [4.69, 9.17) is 4.98 Å². The molecule has 0 unspecified atom stereocenters. The molecule has 0 saturated heterocycles. The summed E-state index contributed by atoms with van der Waals surface area (Å²) < 4.78 is 0. The summed E-state index contributed by atoms with van der Waals surface area (Å²) in [6.45, 7) is 2.11. The predicted octanol–water partition coefficient (Wildman–Crippen LogP) is 5.05. The number of para-hydroxylation sites is 1. The number of nitrogens with zero attached hydrogens (tertiary/aromatic N) is 2. The molecule has 4 heteroatoms. The van der Waals surface area contributed by atoms with Crippen LogP contribution in [0.25, 0.3) is 10.9 Å². The van der Waals surface area contributed by atoms with Crippen LogP contribution in [0.15, 0.2) is 65.8 Å². The molecule has 1 N–H and O–H groups in total. The van der Waals surface area contributed by atoms with Crippen LogP contribution >= 0.6 is 0 Å². The van der Waals surface area contributed by atoms with E-state index in [2.05, 4.69) is 17.5 Å². The summed E-state index contributed by atoms with van der Waals surface area (Å²) in [5.41, 5.74) is 7.25. The lowest BCUT2D eigenvalue weighted by atomic mass is 10.1. The van der Waals surface area contributed by atoms with Gasteiger partial charge in [0, 0.05) is 17.0 Å². The number of nitrogens with one attached hydrogen (secondary N) is 1. The Labute approximate surface area is 159 Å². The summed E-state index contributed by atoms with van der Waals surface area (Å²) >= 11 is 0. The highest BCUT2D eigenvalue weighted by atomic mass is 16.2. The molecule has 1 aliphatic carbocycles. The van der Waals surface area contributed by atoms with Crippen molar-refractivity contribution in [2.45, 2.75) is 38.5 Å². The predicted molar refractivity (Wildman–Crippen MR) is 109 cm³/mol. The molecule has 27 heavy (non-hydrogen) atoms. The van der Waals surface area contributed by atoms with Crippen LogP contribution in [0.5, 0.6) is 0 Å². The van der Waals surface area contributed by atoms with Crippen molar-refractivity contribution >= 4 is 22.5 Å². The highest BCUT2D eigenvalue weighted by Crippen LogP contribution is 2.40. The number of rotatable bonds is 6. The van der Waals surface area contributed by atoms with Crippen LogP contribution in [0, 0.1) is 0 Å². The molecule has 1 aromatic heterocycles. The Morgan fingerprint density at radius 2 is 1.85 bits per heavy atom. The van der Waals surface area contributed by atoms with Crippen LogP contribution in [-0.4, -0.2) is 16.6 Å². The normalized spacial score (nSPS) is 14.3. The van der Waals surface area contributed by atoms with E-state index in [1.54, 1.807) is 0 Å². The fourth-order valence-corrected chi connectivity index (χ4v) is 3.28. The molecule has 0 aliphatic heterocycles. The van der Waals surface area contributed by atoms with Crippen LogP contribution in [-0.2, 0) is 0 Å². The van der Waals surface area contributed by atoms with Gasteiger partial charge in [-0.05, 0) is 37.0 Å². The Bertz CT molecular complexity index is 991. The third-order valence-electron chi connectivity index (χ3n) is 4.86. The molecule has 1 amide bonds. The average molecular weight is 357 g/mol. The number of hydrazone groups is 1. The van der Waals surface area contributed by atoms with Gasteiger partial charge in [0.2, 0.25) is 0 Å². The van der Waals surface area contributed by atoms with Gasteiger partial charge < -0.3 is 0 Å². The van der Waals surface area contributed by atoms with Gasteiger partial charge in [0.05, 0.1) is 16.8 Å². The minimum atomic E-state index is -0.181. The zero-order valence-corrected chi connectivity index (χ0v) is 15.5. The molecule has 2 aromatic carbocycles. The van der Waals surface area contributed by atoms with Gasteiger partial charge in [-0.15, -0.1) is 0 Å². The van der Waals surface area contributed by atoms with E-state index in [0.717, 1.165) is 53.6 Å². The smallest absolute Gasteiger partial charge is 0.267 e. The van der Waals surface area contributed by atoms with Gasteiger partial charge in [-0.1, -0.05) is 61.9 Å². The maximum absolute atomic E-state index is 12.9. The molecule has 1 aliphatic rings. The van der Waals surface area contributed by atoms with Gasteiger partial charge in [-0.25, -0.2) is 5.43 Å². The van der Waals surface area contributed by atoms with Crippen LogP contribution in [0.1, 0.15) is 60.1 Å². The Morgan fingerprint density at radius 3 is 2.59 bits per heavy atom. The molecule has 4 rings (SSSR count). The Balaban J connectivity index is 1.66. The minimum absolute atomic E-state index is 0.181. The molecule has 0 spiro atoms. The summed E-state index contributed by atoms with van der Waals surface area (Å²) in [5, 5.41) is 5.32. The van der Waals surface area contributed by atoms with Crippen molar-refractivity contribution in [1.82, 2.24) is 10.4 Å².